The van der Waals surface area contributed by atoms with E-state index in [0.717, 1.165) is 10.8 Å². The number of hydrogen-bond donors (Lipinski definition) is 3. The van der Waals surface area contributed by atoms with Crippen molar-refractivity contribution in [1.82, 2.24) is 16.2 Å². The summed E-state index contributed by atoms with van der Waals surface area (Å²) < 4.78 is 5.68. The van der Waals surface area contributed by atoms with E-state index in [2.05, 4.69) is 16.2 Å². The van der Waals surface area contributed by atoms with Crippen molar-refractivity contribution in [1.29, 1.82) is 0 Å². The Balaban J connectivity index is 1.51. The molecule has 0 aromatic heterocycles. The summed E-state index contributed by atoms with van der Waals surface area (Å²) in [6.45, 7) is 1.60. The fourth-order valence-corrected chi connectivity index (χ4v) is 3.23. The lowest BCUT2D eigenvalue weighted by Crippen LogP contribution is -2.51. The van der Waals surface area contributed by atoms with E-state index in [-0.39, 0.29) is 15.7 Å². The Morgan fingerprint density at radius 1 is 0.967 bits per heavy atom. The number of fused-ring (bicyclic) bond motifs is 1. The Labute approximate surface area is 188 Å². The van der Waals surface area contributed by atoms with E-state index < -0.39 is 17.9 Å². The smallest absolute Gasteiger partial charge is 0.279 e. The number of amides is 2. The Hall–Kier alpha value is -2.87. The van der Waals surface area contributed by atoms with Crippen LogP contribution in [0.25, 0.3) is 10.8 Å². The highest BCUT2D eigenvalue weighted by atomic mass is 35.5. The van der Waals surface area contributed by atoms with Crippen LogP contribution in [-0.4, -0.2) is 23.0 Å². The minimum Gasteiger partial charge on any atom is -0.481 e. The third-order valence-electron chi connectivity index (χ3n) is 4.11. The highest BCUT2D eigenvalue weighted by Crippen LogP contribution is 2.22. The summed E-state index contributed by atoms with van der Waals surface area (Å²) in [7, 11) is 0. The van der Waals surface area contributed by atoms with Gasteiger partial charge in [-0.1, -0.05) is 53.5 Å². The molecular formula is C21H17Cl2N3O3S. The summed E-state index contributed by atoms with van der Waals surface area (Å²) >= 11 is 16.8. The Morgan fingerprint density at radius 2 is 1.70 bits per heavy atom. The predicted molar refractivity (Wildman–Crippen MR) is 122 cm³/mol. The molecule has 0 radical (unpaired) electrons. The lowest BCUT2D eigenvalue weighted by Gasteiger charge is -2.16. The maximum Gasteiger partial charge on any atom is 0.279 e. The fourth-order valence-electron chi connectivity index (χ4n) is 2.59. The predicted octanol–water partition coefficient (Wildman–Crippen LogP) is 4.25. The topological polar surface area (TPSA) is 79.5 Å². The molecule has 0 spiro atoms. The molecule has 1 unspecified atom stereocenters. The second kappa shape index (κ2) is 9.75. The highest BCUT2D eigenvalue weighted by Gasteiger charge is 2.16. The van der Waals surface area contributed by atoms with Crippen molar-refractivity contribution in [2.45, 2.75) is 13.0 Å². The van der Waals surface area contributed by atoms with Crippen molar-refractivity contribution < 1.29 is 14.3 Å². The molecule has 30 heavy (non-hydrogen) atoms. The van der Waals surface area contributed by atoms with E-state index in [0.29, 0.717) is 10.8 Å². The van der Waals surface area contributed by atoms with Gasteiger partial charge in [-0.15, -0.1) is 0 Å². The first-order chi connectivity index (χ1) is 14.3. The molecule has 1 atom stereocenters. The summed E-state index contributed by atoms with van der Waals surface area (Å²) in [5, 5.41) is 4.99. The van der Waals surface area contributed by atoms with Gasteiger partial charge in [0.15, 0.2) is 11.2 Å². The number of rotatable bonds is 4. The van der Waals surface area contributed by atoms with Crippen LogP contribution in [-0.2, 0) is 4.79 Å². The second-order valence-corrected chi connectivity index (χ2v) is 7.54. The molecule has 0 aliphatic carbocycles. The lowest BCUT2D eigenvalue weighted by molar-refractivity contribution is -0.127. The van der Waals surface area contributed by atoms with E-state index in [1.807, 2.05) is 36.4 Å². The van der Waals surface area contributed by atoms with Gasteiger partial charge >= 0.3 is 0 Å². The Morgan fingerprint density at radius 3 is 2.43 bits per heavy atom. The van der Waals surface area contributed by atoms with Gasteiger partial charge < -0.3 is 4.74 Å². The van der Waals surface area contributed by atoms with E-state index in [9.17, 15) is 9.59 Å². The number of nitrogens with one attached hydrogen (secondary N) is 3. The van der Waals surface area contributed by atoms with Gasteiger partial charge in [0, 0.05) is 5.02 Å². The van der Waals surface area contributed by atoms with Crippen molar-refractivity contribution in [2.24, 2.45) is 0 Å². The number of thiocarbonyl (C=S) groups is 1. The molecule has 9 heteroatoms. The van der Waals surface area contributed by atoms with Gasteiger partial charge in [-0.05, 0) is 60.2 Å². The highest BCUT2D eigenvalue weighted by molar-refractivity contribution is 7.80. The Bertz CT molecular complexity index is 1120. The van der Waals surface area contributed by atoms with E-state index in [1.54, 1.807) is 13.0 Å². The van der Waals surface area contributed by atoms with Gasteiger partial charge in [0.2, 0.25) is 0 Å². The minimum atomic E-state index is -0.803. The van der Waals surface area contributed by atoms with Crippen LogP contribution in [0.2, 0.25) is 10.0 Å². The molecule has 3 rings (SSSR count). The van der Waals surface area contributed by atoms with Crippen molar-refractivity contribution in [3.8, 4) is 5.75 Å². The molecule has 0 fully saturated rings. The summed E-state index contributed by atoms with van der Waals surface area (Å²) in [6, 6.07) is 17.8. The second-order valence-electron chi connectivity index (χ2n) is 6.29. The molecule has 6 nitrogen and oxygen atoms in total. The molecule has 0 heterocycles. The van der Waals surface area contributed by atoms with Crippen LogP contribution in [0.3, 0.4) is 0 Å². The number of carbonyl (C=O) groups excluding carboxylic acids is 2. The monoisotopic (exact) mass is 461 g/mol. The van der Waals surface area contributed by atoms with Crippen LogP contribution in [0.4, 0.5) is 0 Å². The van der Waals surface area contributed by atoms with E-state index in [1.165, 1.54) is 18.2 Å². The number of hydrazine groups is 1. The van der Waals surface area contributed by atoms with Crippen molar-refractivity contribution in [3.05, 3.63) is 76.3 Å². The van der Waals surface area contributed by atoms with Crippen LogP contribution in [0.1, 0.15) is 17.3 Å². The molecule has 2 amide bonds. The third kappa shape index (κ3) is 5.60. The summed E-state index contributed by atoms with van der Waals surface area (Å²) in [5.41, 5.74) is 5.06. The third-order valence-corrected chi connectivity index (χ3v) is 4.86. The van der Waals surface area contributed by atoms with Crippen molar-refractivity contribution >= 4 is 63.1 Å². The molecule has 3 N–H and O–H groups in total. The minimum absolute atomic E-state index is 0.0997. The fraction of sp³-hybridized carbons (Fsp3) is 0.0952. The van der Waals surface area contributed by atoms with Crippen LogP contribution in [0.15, 0.2) is 60.7 Å². The van der Waals surface area contributed by atoms with E-state index >= 15 is 0 Å². The zero-order chi connectivity index (χ0) is 21.7. The first-order valence-electron chi connectivity index (χ1n) is 8.85. The standard InChI is InChI=1S/C21H17Cl2N3O3S/c1-12(29-16-8-6-13-4-2-3-5-14(13)10-16)19(27)25-26-21(30)24-20(28)17-9-7-15(22)11-18(17)23/h2-12H,1H3,(H,25,27)(H2,24,26,28,30). The van der Waals surface area contributed by atoms with Crippen LogP contribution < -0.4 is 20.9 Å². The molecule has 0 saturated carbocycles. The first-order valence-corrected chi connectivity index (χ1v) is 10.0. The molecule has 3 aromatic carbocycles. The number of ether oxygens (including phenoxy) is 1. The summed E-state index contributed by atoms with van der Waals surface area (Å²) in [5.74, 6) is -0.447. The van der Waals surface area contributed by atoms with Crippen LogP contribution in [0, 0.1) is 0 Å². The zero-order valence-corrected chi connectivity index (χ0v) is 18.1. The Kier molecular flexibility index (Phi) is 7.10. The molecule has 0 aliphatic heterocycles. The number of carbonyl (C=O) groups is 2. The molecule has 0 aliphatic rings. The molecule has 154 valence electrons. The van der Waals surface area contributed by atoms with Crippen molar-refractivity contribution in [2.75, 3.05) is 0 Å². The summed E-state index contributed by atoms with van der Waals surface area (Å²) in [6.07, 6.45) is -0.803. The number of hydrogen-bond acceptors (Lipinski definition) is 4. The van der Waals surface area contributed by atoms with Crippen LogP contribution in [0.5, 0.6) is 5.75 Å². The van der Waals surface area contributed by atoms with Gasteiger partial charge in [-0.3, -0.25) is 25.8 Å². The normalized spacial score (nSPS) is 11.4. The van der Waals surface area contributed by atoms with Gasteiger partial charge in [-0.25, -0.2) is 0 Å². The quantitative estimate of drug-likeness (QED) is 0.399. The van der Waals surface area contributed by atoms with Gasteiger partial charge in [0.05, 0.1) is 10.6 Å². The lowest BCUT2D eigenvalue weighted by atomic mass is 10.1. The van der Waals surface area contributed by atoms with Crippen LogP contribution >= 0.6 is 35.4 Å². The molecule has 0 saturated heterocycles. The maximum absolute atomic E-state index is 12.3. The van der Waals surface area contributed by atoms with Gasteiger partial charge in [0.25, 0.3) is 11.8 Å². The number of benzene rings is 3. The molecule has 0 bridgehead atoms. The maximum atomic E-state index is 12.3. The van der Waals surface area contributed by atoms with Gasteiger partial charge in [0.1, 0.15) is 5.75 Å². The first kappa shape index (κ1) is 21.8. The van der Waals surface area contributed by atoms with Crippen molar-refractivity contribution in [3.63, 3.8) is 0 Å². The average molecular weight is 462 g/mol. The van der Waals surface area contributed by atoms with Gasteiger partial charge in [-0.2, -0.15) is 0 Å². The SMILES string of the molecule is CC(Oc1ccc2ccccc2c1)C(=O)NNC(=S)NC(=O)c1ccc(Cl)cc1Cl. The zero-order valence-electron chi connectivity index (χ0n) is 15.7. The largest absolute Gasteiger partial charge is 0.481 e. The molecular weight excluding hydrogens is 445 g/mol. The number of halogens is 2. The summed E-state index contributed by atoms with van der Waals surface area (Å²) in [4.78, 5) is 24.5. The van der Waals surface area contributed by atoms with E-state index in [4.69, 9.17) is 40.2 Å². The average Bonchev–Trinajstić information content (AvgIpc) is 2.71. The molecule has 3 aromatic rings.